The van der Waals surface area contributed by atoms with E-state index < -0.39 is 24.2 Å². The molecule has 184 valence electrons. The summed E-state index contributed by atoms with van der Waals surface area (Å²) in [4.78, 5) is 0. The molecule has 1 nitrogen and oxygen atoms in total. The Morgan fingerprint density at radius 1 is 0.714 bits per heavy atom. The standard InChI is InChI=1S/C28H24F6O/c1-2-3-4-5-20-8-14-23(15-9-20)24-16-10-21(11-17-24)6-7-22-12-18-25(19-13-22)35-28(33,34)26(29)27(30,31)32/h8-19,26H,2-5H2,1H3. The minimum Gasteiger partial charge on any atom is -0.430 e. The van der Waals surface area contributed by atoms with Crippen LogP contribution in [0, 0.1) is 11.8 Å². The molecule has 0 spiro atoms. The maximum Gasteiger partial charge on any atom is 0.439 e. The van der Waals surface area contributed by atoms with Crippen LogP contribution < -0.4 is 4.74 Å². The van der Waals surface area contributed by atoms with Crippen molar-refractivity contribution in [1.82, 2.24) is 0 Å². The van der Waals surface area contributed by atoms with Crippen LogP contribution in [0.25, 0.3) is 11.1 Å². The third-order valence-electron chi connectivity index (χ3n) is 5.28. The molecule has 0 aliphatic heterocycles. The summed E-state index contributed by atoms with van der Waals surface area (Å²) in [5.41, 5.74) is 4.60. The van der Waals surface area contributed by atoms with E-state index in [2.05, 4.69) is 47.8 Å². The predicted octanol–water partition coefficient (Wildman–Crippen LogP) is 8.36. The molecule has 0 aliphatic rings. The average molecular weight is 490 g/mol. The Morgan fingerprint density at radius 2 is 1.20 bits per heavy atom. The van der Waals surface area contributed by atoms with E-state index in [1.165, 1.54) is 37.0 Å². The van der Waals surface area contributed by atoms with Gasteiger partial charge < -0.3 is 4.74 Å². The molecule has 1 atom stereocenters. The molecule has 0 amide bonds. The van der Waals surface area contributed by atoms with Crippen LogP contribution in [0.5, 0.6) is 5.75 Å². The summed E-state index contributed by atoms with van der Waals surface area (Å²) in [6, 6.07) is 20.7. The summed E-state index contributed by atoms with van der Waals surface area (Å²) in [6.45, 7) is 2.18. The van der Waals surface area contributed by atoms with Crippen LogP contribution in [0.1, 0.15) is 42.9 Å². The van der Waals surface area contributed by atoms with Crippen molar-refractivity contribution < 1.29 is 31.1 Å². The molecule has 0 N–H and O–H groups in total. The van der Waals surface area contributed by atoms with Gasteiger partial charge in [0.25, 0.3) is 6.17 Å². The Morgan fingerprint density at radius 3 is 1.69 bits per heavy atom. The third kappa shape index (κ3) is 7.54. The van der Waals surface area contributed by atoms with Crippen molar-refractivity contribution in [3.63, 3.8) is 0 Å². The van der Waals surface area contributed by atoms with Crippen LogP contribution in [0.2, 0.25) is 0 Å². The highest BCUT2D eigenvalue weighted by molar-refractivity contribution is 5.64. The molecule has 0 saturated heterocycles. The van der Waals surface area contributed by atoms with Gasteiger partial charge in [-0.15, -0.1) is 0 Å². The zero-order chi connectivity index (χ0) is 25.5. The first-order valence-corrected chi connectivity index (χ1v) is 11.2. The van der Waals surface area contributed by atoms with E-state index in [1.54, 1.807) is 0 Å². The summed E-state index contributed by atoms with van der Waals surface area (Å²) in [7, 11) is 0. The van der Waals surface area contributed by atoms with Gasteiger partial charge in [-0.2, -0.15) is 22.0 Å². The maximum atomic E-state index is 13.4. The van der Waals surface area contributed by atoms with Crippen molar-refractivity contribution in [3.05, 3.63) is 89.5 Å². The van der Waals surface area contributed by atoms with Gasteiger partial charge in [-0.3, -0.25) is 0 Å². The first kappa shape index (κ1) is 26.2. The minimum atomic E-state index is -5.73. The Balaban J connectivity index is 1.61. The van der Waals surface area contributed by atoms with Crippen LogP contribution in [-0.2, 0) is 6.42 Å². The number of unbranched alkanes of at least 4 members (excludes halogenated alkanes) is 2. The van der Waals surface area contributed by atoms with Crippen molar-refractivity contribution in [3.8, 4) is 28.7 Å². The van der Waals surface area contributed by atoms with Gasteiger partial charge in [0.15, 0.2) is 0 Å². The monoisotopic (exact) mass is 490 g/mol. The zero-order valence-electron chi connectivity index (χ0n) is 19.0. The number of ether oxygens (including phenoxy) is 1. The van der Waals surface area contributed by atoms with Gasteiger partial charge in [0.1, 0.15) is 5.75 Å². The van der Waals surface area contributed by atoms with Crippen molar-refractivity contribution in [2.75, 3.05) is 0 Å². The lowest BCUT2D eigenvalue weighted by Gasteiger charge is -2.23. The quantitative estimate of drug-likeness (QED) is 0.175. The lowest BCUT2D eigenvalue weighted by Crippen LogP contribution is -2.45. The fraction of sp³-hybridized carbons (Fsp3) is 0.286. The SMILES string of the molecule is CCCCCc1ccc(-c2ccc(C#Cc3ccc(OC(F)(F)C(F)C(F)(F)F)cc3)cc2)cc1. The number of alkyl halides is 6. The van der Waals surface area contributed by atoms with Gasteiger partial charge >= 0.3 is 12.3 Å². The fourth-order valence-electron chi connectivity index (χ4n) is 3.34. The minimum absolute atomic E-state index is 0.427. The van der Waals surface area contributed by atoms with E-state index in [-0.39, 0.29) is 0 Å². The Labute approximate surface area is 200 Å². The molecule has 7 heteroatoms. The Bertz CT molecular complexity index is 1140. The summed E-state index contributed by atoms with van der Waals surface area (Å²) >= 11 is 0. The molecule has 0 bridgehead atoms. The molecule has 0 heterocycles. The molecule has 0 aromatic heterocycles. The van der Waals surface area contributed by atoms with Crippen LogP contribution >= 0.6 is 0 Å². The van der Waals surface area contributed by atoms with Crippen molar-refractivity contribution in [2.24, 2.45) is 0 Å². The van der Waals surface area contributed by atoms with E-state index in [4.69, 9.17) is 0 Å². The second-order valence-electron chi connectivity index (χ2n) is 8.07. The molecule has 0 radical (unpaired) electrons. The Hall–Kier alpha value is -3.40. The molecule has 0 saturated carbocycles. The second-order valence-corrected chi connectivity index (χ2v) is 8.07. The summed E-state index contributed by atoms with van der Waals surface area (Å²) < 4.78 is 80.2. The van der Waals surface area contributed by atoms with E-state index >= 15 is 0 Å². The molecule has 0 fully saturated rings. The van der Waals surface area contributed by atoms with E-state index in [9.17, 15) is 26.3 Å². The lowest BCUT2D eigenvalue weighted by atomic mass is 10.0. The molecule has 1 unspecified atom stereocenters. The van der Waals surface area contributed by atoms with Crippen LogP contribution in [-0.4, -0.2) is 18.5 Å². The lowest BCUT2D eigenvalue weighted by molar-refractivity contribution is -0.304. The molecule has 35 heavy (non-hydrogen) atoms. The summed E-state index contributed by atoms with van der Waals surface area (Å²) in [5.74, 6) is 5.17. The number of hydrogen-bond acceptors (Lipinski definition) is 1. The molecular formula is C28H24F6O. The summed E-state index contributed by atoms with van der Waals surface area (Å²) in [5, 5.41) is 0. The highest BCUT2D eigenvalue weighted by Gasteiger charge is 2.59. The topological polar surface area (TPSA) is 9.23 Å². The van der Waals surface area contributed by atoms with E-state index in [0.717, 1.165) is 35.2 Å². The maximum absolute atomic E-state index is 13.4. The fourth-order valence-corrected chi connectivity index (χ4v) is 3.34. The predicted molar refractivity (Wildman–Crippen MR) is 124 cm³/mol. The van der Waals surface area contributed by atoms with Gasteiger partial charge in [0.2, 0.25) is 0 Å². The second kappa shape index (κ2) is 11.4. The van der Waals surface area contributed by atoms with E-state index in [1.807, 2.05) is 24.3 Å². The smallest absolute Gasteiger partial charge is 0.430 e. The van der Waals surface area contributed by atoms with Gasteiger partial charge in [0.05, 0.1) is 0 Å². The molecule has 3 rings (SSSR count). The van der Waals surface area contributed by atoms with E-state index in [0.29, 0.717) is 5.56 Å². The molecular weight excluding hydrogens is 466 g/mol. The molecule has 3 aromatic carbocycles. The van der Waals surface area contributed by atoms with Gasteiger partial charge in [-0.25, -0.2) is 4.39 Å². The van der Waals surface area contributed by atoms with Crippen LogP contribution in [0.4, 0.5) is 26.3 Å². The van der Waals surface area contributed by atoms with Crippen molar-refractivity contribution in [1.29, 1.82) is 0 Å². The number of halogens is 6. The zero-order valence-corrected chi connectivity index (χ0v) is 19.0. The van der Waals surface area contributed by atoms with Crippen molar-refractivity contribution in [2.45, 2.75) is 51.1 Å². The number of rotatable bonds is 8. The largest absolute Gasteiger partial charge is 0.439 e. The van der Waals surface area contributed by atoms with Crippen LogP contribution in [0.15, 0.2) is 72.8 Å². The third-order valence-corrected chi connectivity index (χ3v) is 5.28. The van der Waals surface area contributed by atoms with Gasteiger partial charge in [0, 0.05) is 11.1 Å². The molecule has 0 aliphatic carbocycles. The number of hydrogen-bond donors (Lipinski definition) is 0. The normalized spacial score (nSPS) is 12.5. The highest BCUT2D eigenvalue weighted by Crippen LogP contribution is 2.36. The van der Waals surface area contributed by atoms with Crippen molar-refractivity contribution >= 4 is 0 Å². The van der Waals surface area contributed by atoms with Gasteiger partial charge in [-0.1, -0.05) is 68.0 Å². The number of aryl methyl sites for hydroxylation is 1. The summed E-state index contributed by atoms with van der Waals surface area (Å²) in [6.07, 6.45) is -10.5. The first-order valence-electron chi connectivity index (χ1n) is 11.2. The molecule has 3 aromatic rings. The number of benzene rings is 3. The average Bonchev–Trinajstić information content (AvgIpc) is 2.83. The highest BCUT2D eigenvalue weighted by atomic mass is 19.4. The first-order chi connectivity index (χ1) is 16.6. The Kier molecular flexibility index (Phi) is 8.50. The van der Waals surface area contributed by atoms with Crippen LogP contribution in [0.3, 0.4) is 0 Å². The van der Waals surface area contributed by atoms with Gasteiger partial charge in [-0.05, 0) is 65.9 Å².